The van der Waals surface area contributed by atoms with E-state index in [1.165, 1.54) is 7.11 Å². The fourth-order valence-electron chi connectivity index (χ4n) is 3.26. The van der Waals surface area contributed by atoms with Crippen LogP contribution >= 0.6 is 11.6 Å². The van der Waals surface area contributed by atoms with E-state index < -0.39 is 23.6 Å². The molecule has 2 N–H and O–H groups in total. The normalized spacial score (nSPS) is 10.6. The number of methoxy groups -OCH3 is 1. The maximum absolute atomic E-state index is 13.8. The summed E-state index contributed by atoms with van der Waals surface area (Å²) in [4.78, 5) is 28.7. The van der Waals surface area contributed by atoms with Crippen molar-refractivity contribution in [2.75, 3.05) is 24.4 Å². The largest absolute Gasteiger partial charge is 0.481 e. The van der Waals surface area contributed by atoms with Crippen LogP contribution < -0.4 is 15.4 Å². The Morgan fingerprint density at radius 1 is 1.00 bits per heavy atom. The number of rotatable bonds is 6. The fourth-order valence-corrected chi connectivity index (χ4v) is 3.45. The molecule has 0 saturated heterocycles. The molecule has 0 saturated carbocycles. The van der Waals surface area contributed by atoms with Gasteiger partial charge in [-0.25, -0.2) is 23.4 Å². The first-order chi connectivity index (χ1) is 16.8. The van der Waals surface area contributed by atoms with Crippen molar-refractivity contribution in [3.8, 4) is 17.0 Å². The van der Waals surface area contributed by atoms with Gasteiger partial charge in [-0.1, -0.05) is 23.7 Å². The van der Waals surface area contributed by atoms with Crippen LogP contribution in [-0.4, -0.2) is 30.7 Å². The van der Waals surface area contributed by atoms with Crippen LogP contribution in [0.3, 0.4) is 0 Å². The Morgan fingerprint density at radius 3 is 2.57 bits per heavy atom. The van der Waals surface area contributed by atoms with Gasteiger partial charge in [0, 0.05) is 33.8 Å². The Balaban J connectivity index is 1.65. The first-order valence-corrected chi connectivity index (χ1v) is 10.6. The van der Waals surface area contributed by atoms with Crippen molar-refractivity contribution in [1.82, 2.24) is 4.98 Å². The van der Waals surface area contributed by atoms with Gasteiger partial charge in [-0.2, -0.15) is 0 Å². The third-order valence-corrected chi connectivity index (χ3v) is 5.14. The molecule has 0 aliphatic rings. The van der Waals surface area contributed by atoms with Gasteiger partial charge in [0.15, 0.2) is 6.61 Å². The summed E-state index contributed by atoms with van der Waals surface area (Å²) in [6.07, 6.45) is 0. The summed E-state index contributed by atoms with van der Waals surface area (Å²) in [5, 5.41) is 5.94. The zero-order valence-corrected chi connectivity index (χ0v) is 19.0. The molecule has 0 aliphatic carbocycles. The molecular weight excluding hydrogens is 480 g/mol. The van der Waals surface area contributed by atoms with Crippen molar-refractivity contribution in [3.05, 3.63) is 83.4 Å². The number of hydrogen-bond acceptors (Lipinski definition) is 5. The number of esters is 1. The summed E-state index contributed by atoms with van der Waals surface area (Å²) in [6, 6.07) is 15.7. The number of carbonyl (C=O) groups is 2. The summed E-state index contributed by atoms with van der Waals surface area (Å²) >= 11 is 6.11. The third-order valence-electron chi connectivity index (χ3n) is 4.90. The zero-order chi connectivity index (χ0) is 24.9. The van der Waals surface area contributed by atoms with Crippen LogP contribution in [0.2, 0.25) is 5.02 Å². The molecule has 35 heavy (non-hydrogen) atoms. The molecular formula is C25H18ClF2N3O4. The number of ether oxygens (including phenoxy) is 2. The summed E-state index contributed by atoms with van der Waals surface area (Å²) in [5.74, 6) is -1.92. The van der Waals surface area contributed by atoms with Gasteiger partial charge in [-0.05, 0) is 42.5 Å². The van der Waals surface area contributed by atoms with E-state index >= 15 is 0 Å². The van der Waals surface area contributed by atoms with Crippen molar-refractivity contribution in [1.29, 1.82) is 0 Å². The number of fused-ring (bicyclic) bond motifs is 1. The average molecular weight is 498 g/mol. The van der Waals surface area contributed by atoms with Gasteiger partial charge < -0.3 is 20.1 Å². The predicted octanol–water partition coefficient (Wildman–Crippen LogP) is 6.03. The fraction of sp³-hybridized carbons (Fsp3) is 0.0800. The van der Waals surface area contributed by atoms with Gasteiger partial charge in [-0.15, -0.1) is 0 Å². The molecule has 0 spiro atoms. The van der Waals surface area contributed by atoms with Crippen molar-refractivity contribution in [3.63, 3.8) is 0 Å². The van der Waals surface area contributed by atoms with Gasteiger partial charge >= 0.3 is 12.0 Å². The third kappa shape index (κ3) is 5.82. The standard InChI is InChI=1S/C25H18ClF2N3O4/c1-34-24(32)13-35-23-12-22(14-3-2-4-15(26)9-14)30-20-8-6-17(11-18(20)23)29-25(33)31-21-7-5-16(27)10-19(21)28/h2-12H,13H2,1H3,(H2,29,31,33). The lowest BCUT2D eigenvalue weighted by Gasteiger charge is -2.13. The highest BCUT2D eigenvalue weighted by molar-refractivity contribution is 6.30. The summed E-state index contributed by atoms with van der Waals surface area (Å²) in [6.45, 7) is -0.341. The quantitative estimate of drug-likeness (QED) is 0.317. The molecule has 1 heterocycles. The molecule has 0 radical (unpaired) electrons. The highest BCUT2D eigenvalue weighted by Crippen LogP contribution is 2.33. The average Bonchev–Trinajstić information content (AvgIpc) is 2.84. The smallest absolute Gasteiger partial charge is 0.343 e. The second kappa shape index (κ2) is 10.4. The van der Waals surface area contributed by atoms with Crippen LogP contribution in [0.4, 0.5) is 25.0 Å². The molecule has 0 fully saturated rings. The molecule has 0 atom stereocenters. The number of pyridine rings is 1. The Bertz CT molecular complexity index is 1430. The van der Waals surface area contributed by atoms with Crippen molar-refractivity contribution in [2.45, 2.75) is 0 Å². The monoisotopic (exact) mass is 497 g/mol. The Kier molecular flexibility index (Phi) is 7.07. The van der Waals surface area contributed by atoms with E-state index in [0.29, 0.717) is 39.1 Å². The molecule has 2 amide bonds. The Labute approximate surface area is 203 Å². The molecule has 0 unspecified atom stereocenters. The van der Waals surface area contributed by atoms with Gasteiger partial charge in [0.05, 0.1) is 24.0 Å². The number of amides is 2. The molecule has 0 bridgehead atoms. The highest BCUT2D eigenvalue weighted by atomic mass is 35.5. The van der Waals surface area contributed by atoms with E-state index in [-0.39, 0.29) is 12.3 Å². The Morgan fingerprint density at radius 2 is 1.83 bits per heavy atom. The lowest BCUT2D eigenvalue weighted by atomic mass is 10.1. The molecule has 4 rings (SSSR count). The highest BCUT2D eigenvalue weighted by Gasteiger charge is 2.14. The number of carbonyl (C=O) groups excluding carboxylic acids is 2. The van der Waals surface area contributed by atoms with Gasteiger partial charge in [0.25, 0.3) is 0 Å². The zero-order valence-electron chi connectivity index (χ0n) is 18.3. The number of nitrogens with one attached hydrogen (secondary N) is 2. The lowest BCUT2D eigenvalue weighted by Crippen LogP contribution is -2.20. The second-order valence-electron chi connectivity index (χ2n) is 7.32. The van der Waals surface area contributed by atoms with Crippen LogP contribution in [0.15, 0.2) is 66.7 Å². The van der Waals surface area contributed by atoms with Crippen molar-refractivity contribution >= 4 is 45.9 Å². The summed E-state index contributed by atoms with van der Waals surface area (Å²) < 4.78 is 37.3. The van der Waals surface area contributed by atoms with E-state index in [1.54, 1.807) is 42.5 Å². The van der Waals surface area contributed by atoms with Crippen LogP contribution in [0.1, 0.15) is 0 Å². The van der Waals surface area contributed by atoms with E-state index in [4.69, 9.17) is 16.3 Å². The SMILES string of the molecule is COC(=O)COc1cc(-c2cccc(Cl)c2)nc2ccc(NC(=O)Nc3ccc(F)cc3F)cc12. The molecule has 0 aliphatic heterocycles. The maximum Gasteiger partial charge on any atom is 0.343 e. The summed E-state index contributed by atoms with van der Waals surface area (Å²) in [5.41, 5.74) is 1.99. The van der Waals surface area contributed by atoms with Gasteiger partial charge in [-0.3, -0.25) is 0 Å². The summed E-state index contributed by atoms with van der Waals surface area (Å²) in [7, 11) is 1.25. The first kappa shape index (κ1) is 23.9. The topological polar surface area (TPSA) is 89.6 Å². The predicted molar refractivity (Wildman–Crippen MR) is 129 cm³/mol. The first-order valence-electron chi connectivity index (χ1n) is 10.3. The molecule has 3 aromatic carbocycles. The van der Waals surface area contributed by atoms with Crippen LogP contribution in [-0.2, 0) is 9.53 Å². The second-order valence-corrected chi connectivity index (χ2v) is 7.75. The van der Waals surface area contributed by atoms with Crippen LogP contribution in [0, 0.1) is 11.6 Å². The molecule has 4 aromatic rings. The number of anilines is 2. The van der Waals surface area contributed by atoms with E-state index in [1.807, 2.05) is 6.07 Å². The number of halogens is 3. The van der Waals surface area contributed by atoms with Crippen molar-refractivity contribution in [2.24, 2.45) is 0 Å². The lowest BCUT2D eigenvalue weighted by molar-refractivity contribution is -0.142. The maximum atomic E-state index is 13.8. The van der Waals surface area contributed by atoms with Crippen molar-refractivity contribution < 1.29 is 27.8 Å². The van der Waals surface area contributed by atoms with E-state index in [0.717, 1.165) is 17.7 Å². The minimum absolute atomic E-state index is 0.181. The van der Waals surface area contributed by atoms with E-state index in [2.05, 4.69) is 20.4 Å². The Hall–Kier alpha value is -4.24. The van der Waals surface area contributed by atoms with Crippen LogP contribution in [0.25, 0.3) is 22.2 Å². The van der Waals surface area contributed by atoms with Crippen LogP contribution in [0.5, 0.6) is 5.75 Å². The molecule has 178 valence electrons. The van der Waals surface area contributed by atoms with Gasteiger partial charge in [0.2, 0.25) is 0 Å². The number of urea groups is 1. The van der Waals surface area contributed by atoms with E-state index in [9.17, 15) is 18.4 Å². The molecule has 1 aromatic heterocycles. The number of hydrogen-bond donors (Lipinski definition) is 2. The van der Waals surface area contributed by atoms with Gasteiger partial charge in [0.1, 0.15) is 17.4 Å². The minimum Gasteiger partial charge on any atom is -0.481 e. The molecule has 10 heteroatoms. The number of nitrogens with zero attached hydrogens (tertiary/aromatic N) is 1. The number of aromatic nitrogens is 1. The minimum atomic E-state index is -0.907. The molecule has 7 nitrogen and oxygen atoms in total. The number of benzene rings is 3.